The molecule has 72 valence electrons. The van der Waals surface area contributed by atoms with Gasteiger partial charge in [0.15, 0.2) is 0 Å². The second-order valence-corrected chi connectivity index (χ2v) is 2.81. The van der Waals surface area contributed by atoms with Gasteiger partial charge in [0.2, 0.25) is 0 Å². The Hall–Kier alpha value is -0.820. The van der Waals surface area contributed by atoms with Gasteiger partial charge in [-0.2, -0.15) is 0 Å². The quantitative estimate of drug-likeness (QED) is 0.675. The molecule has 0 saturated heterocycles. The molecule has 0 amide bonds. The summed E-state index contributed by atoms with van der Waals surface area (Å²) < 4.78 is 31.3. The highest BCUT2D eigenvalue weighted by Gasteiger charge is 2.00. The highest BCUT2D eigenvalue weighted by Crippen LogP contribution is 2.04. The van der Waals surface area contributed by atoms with E-state index in [1.807, 2.05) is 30.3 Å². The Morgan fingerprint density at radius 3 is 2.46 bits per heavy atom. The van der Waals surface area contributed by atoms with Crippen LogP contribution >= 0.6 is 0 Å². The maximum atomic E-state index is 7.89. The third-order valence-corrected chi connectivity index (χ3v) is 1.80. The molecular weight excluding hydrogens is 158 g/mol. The fourth-order valence-corrected chi connectivity index (χ4v) is 1.17. The molecule has 1 heteroatoms. The van der Waals surface area contributed by atoms with Gasteiger partial charge in [-0.1, -0.05) is 44.2 Å². The molecule has 0 fully saturated rings. The molecule has 0 aromatic heterocycles. The molecule has 0 unspecified atom stereocenters. The molecule has 1 aromatic rings. The van der Waals surface area contributed by atoms with Crippen molar-refractivity contribution in [3.8, 4) is 0 Å². The lowest BCUT2D eigenvalue weighted by Crippen LogP contribution is -2.23. The first kappa shape index (κ1) is 5.82. The number of hydrogen-bond donors (Lipinski definition) is 0. The van der Waals surface area contributed by atoms with E-state index in [0.717, 1.165) is 5.56 Å². The van der Waals surface area contributed by atoms with Crippen molar-refractivity contribution < 1.29 is 5.48 Å². The van der Waals surface area contributed by atoms with Gasteiger partial charge in [-0.3, -0.25) is 4.90 Å². The minimum atomic E-state index is -1.69. The number of nitrogens with zero attached hydrogens (tertiary/aromatic N) is 1. The molecule has 0 N–H and O–H groups in total. The van der Waals surface area contributed by atoms with Gasteiger partial charge in [-0.05, 0) is 25.0 Å². The van der Waals surface area contributed by atoms with Crippen LogP contribution < -0.4 is 0 Å². The zero-order valence-corrected chi connectivity index (χ0v) is 8.25. The van der Waals surface area contributed by atoms with Crippen LogP contribution in [-0.4, -0.2) is 17.9 Å². The molecule has 0 heterocycles. The van der Waals surface area contributed by atoms with E-state index < -0.39 is 13.0 Å². The lowest BCUT2D eigenvalue weighted by Gasteiger charge is -2.19. The van der Waals surface area contributed by atoms with Crippen LogP contribution in [0.25, 0.3) is 0 Å². The number of rotatable bonds is 5. The molecule has 13 heavy (non-hydrogen) atoms. The largest absolute Gasteiger partial charge is 0.299 e. The fourth-order valence-electron chi connectivity index (χ4n) is 1.17. The van der Waals surface area contributed by atoms with Crippen LogP contribution in [0, 0.1) is 0 Å². The Balaban J connectivity index is 2.94. The van der Waals surface area contributed by atoms with Gasteiger partial charge in [0.1, 0.15) is 0 Å². The lowest BCUT2D eigenvalue weighted by atomic mass is 10.2. The second-order valence-electron chi connectivity index (χ2n) is 2.81. The van der Waals surface area contributed by atoms with Crippen molar-refractivity contribution >= 4 is 0 Å². The normalized spacial score (nSPS) is 17.5. The zero-order chi connectivity index (χ0) is 13.1. The maximum Gasteiger partial charge on any atom is 0.0431 e. The van der Waals surface area contributed by atoms with Crippen LogP contribution in [0.3, 0.4) is 0 Å². The van der Waals surface area contributed by atoms with Crippen LogP contribution in [0.15, 0.2) is 30.3 Å². The molecule has 0 spiro atoms. The van der Waals surface area contributed by atoms with Crippen LogP contribution in [0.2, 0.25) is 0 Å². The Morgan fingerprint density at radius 2 is 1.92 bits per heavy atom. The van der Waals surface area contributed by atoms with E-state index in [2.05, 4.69) is 0 Å². The molecule has 1 aromatic carbocycles. The predicted molar refractivity (Wildman–Crippen MR) is 57.7 cm³/mol. The summed E-state index contributed by atoms with van der Waals surface area (Å²) in [6.07, 6.45) is 0.257. The summed E-state index contributed by atoms with van der Waals surface area (Å²) in [7, 11) is 0. The number of benzene rings is 1. The molecule has 1 nitrogen and oxygen atoms in total. The van der Waals surface area contributed by atoms with Crippen molar-refractivity contribution in [1.29, 1.82) is 0 Å². The first-order valence-corrected chi connectivity index (χ1v) is 4.59. The summed E-state index contributed by atoms with van der Waals surface area (Å²) >= 11 is 0. The summed E-state index contributed by atoms with van der Waals surface area (Å²) in [5.41, 5.74) is 0.913. The fraction of sp³-hybridized carbons (Fsp3) is 0.500. The summed E-state index contributed by atoms with van der Waals surface area (Å²) in [6, 6.07) is 9.40. The molecule has 1 rings (SSSR count). The van der Waals surface area contributed by atoms with E-state index in [1.54, 1.807) is 6.92 Å². The average molecular weight is 181 g/mol. The summed E-state index contributed by atoms with van der Waals surface area (Å²) in [4.78, 5) is 1.26. The molecule has 0 aliphatic rings. The molecule has 0 aliphatic heterocycles. The Bertz CT molecular complexity index is 345. The Kier molecular flexibility index (Phi) is 2.58. The first-order chi connectivity index (χ1) is 7.77. The van der Waals surface area contributed by atoms with Crippen molar-refractivity contribution in [3.63, 3.8) is 0 Å². The van der Waals surface area contributed by atoms with E-state index in [4.69, 9.17) is 5.48 Å². The van der Waals surface area contributed by atoms with Crippen molar-refractivity contribution in [2.75, 3.05) is 13.0 Å². The highest BCUT2D eigenvalue weighted by atomic mass is 15.1. The molecule has 0 saturated carbocycles. The summed E-state index contributed by atoms with van der Waals surface area (Å²) in [5.74, 6) is 0. The van der Waals surface area contributed by atoms with E-state index in [-0.39, 0.29) is 13.0 Å². The smallest absolute Gasteiger partial charge is 0.0431 e. The average Bonchev–Trinajstić information content (AvgIpc) is 2.25. The predicted octanol–water partition coefficient (Wildman–Crippen LogP) is 2.92. The van der Waals surface area contributed by atoms with Crippen molar-refractivity contribution in [3.05, 3.63) is 35.9 Å². The maximum absolute atomic E-state index is 7.89. The van der Waals surface area contributed by atoms with Gasteiger partial charge in [-0.25, -0.2) is 0 Å². The summed E-state index contributed by atoms with van der Waals surface area (Å²) in [6.45, 7) is 0.0573. The molecule has 0 aliphatic carbocycles. The second kappa shape index (κ2) is 5.76. The molecule has 0 radical (unpaired) electrons. The van der Waals surface area contributed by atoms with Gasteiger partial charge >= 0.3 is 0 Å². The third-order valence-electron chi connectivity index (χ3n) is 1.80. The lowest BCUT2D eigenvalue weighted by molar-refractivity contribution is 0.280. The topological polar surface area (TPSA) is 3.24 Å². The SMILES string of the molecule is [2H]C([2H])(C)N(Cc1ccccc1)C([2H])([2H])CC. The van der Waals surface area contributed by atoms with Crippen LogP contribution in [0.4, 0.5) is 0 Å². The Morgan fingerprint density at radius 1 is 1.23 bits per heavy atom. The van der Waals surface area contributed by atoms with Gasteiger partial charge < -0.3 is 0 Å². The van der Waals surface area contributed by atoms with Crippen LogP contribution in [0.5, 0.6) is 0 Å². The van der Waals surface area contributed by atoms with E-state index in [1.165, 1.54) is 11.8 Å². The summed E-state index contributed by atoms with van der Waals surface area (Å²) in [5, 5.41) is 0. The van der Waals surface area contributed by atoms with Gasteiger partial charge in [0, 0.05) is 12.0 Å². The van der Waals surface area contributed by atoms with Gasteiger partial charge in [0.25, 0.3) is 0 Å². The molecule has 0 atom stereocenters. The van der Waals surface area contributed by atoms with Crippen molar-refractivity contribution in [2.24, 2.45) is 0 Å². The minimum absolute atomic E-state index is 0.257. The standard InChI is InChI=1S/C12H19N/c1-3-10-13(4-2)11-12-8-6-5-7-9-12/h5-9H,3-4,10-11H2,1-2H3/i4D2,10D2. The van der Waals surface area contributed by atoms with E-state index >= 15 is 0 Å². The third kappa shape index (κ3) is 3.60. The highest BCUT2D eigenvalue weighted by molar-refractivity contribution is 5.14. The Labute approximate surface area is 87.0 Å². The molecular formula is C12H19N. The van der Waals surface area contributed by atoms with Gasteiger partial charge in [0.05, 0.1) is 0 Å². The van der Waals surface area contributed by atoms with Crippen molar-refractivity contribution in [1.82, 2.24) is 4.90 Å². The van der Waals surface area contributed by atoms with Crippen molar-refractivity contribution in [2.45, 2.75) is 26.8 Å². The van der Waals surface area contributed by atoms with Crippen LogP contribution in [-0.2, 0) is 6.54 Å². The minimum Gasteiger partial charge on any atom is -0.299 e. The zero-order valence-electron chi connectivity index (χ0n) is 12.2. The number of hydrogen-bond acceptors (Lipinski definition) is 1. The van der Waals surface area contributed by atoms with E-state index in [0.29, 0.717) is 0 Å². The van der Waals surface area contributed by atoms with Gasteiger partial charge in [-0.15, -0.1) is 0 Å². The first-order valence-electron chi connectivity index (χ1n) is 6.59. The molecule has 0 bridgehead atoms. The van der Waals surface area contributed by atoms with E-state index in [9.17, 15) is 0 Å². The van der Waals surface area contributed by atoms with Crippen LogP contribution in [0.1, 0.15) is 31.3 Å². The monoisotopic (exact) mass is 181 g/mol.